The van der Waals surface area contributed by atoms with Gasteiger partial charge < -0.3 is 24.6 Å². The fraction of sp³-hybridized carbons (Fsp3) is 0.708. The van der Waals surface area contributed by atoms with Crippen LogP contribution in [0.5, 0.6) is 5.75 Å². The van der Waals surface area contributed by atoms with E-state index in [1.807, 2.05) is 6.07 Å². The van der Waals surface area contributed by atoms with Crippen LogP contribution in [0.2, 0.25) is 0 Å². The van der Waals surface area contributed by atoms with E-state index in [0.717, 1.165) is 83.6 Å². The minimum Gasteiger partial charge on any atom is -0.494 e. The van der Waals surface area contributed by atoms with Crippen molar-refractivity contribution < 1.29 is 13.9 Å². The number of hydrogen-bond donors (Lipinski definition) is 1. The molecule has 0 amide bonds. The van der Waals surface area contributed by atoms with Crippen molar-refractivity contribution in [1.29, 1.82) is 0 Å². The van der Waals surface area contributed by atoms with Crippen LogP contribution in [0.3, 0.4) is 0 Å². The third kappa shape index (κ3) is 7.32. The lowest BCUT2D eigenvalue weighted by Crippen LogP contribution is -2.52. The maximum absolute atomic E-state index is 14.0. The standard InChI is InChI=1S/C24H40FN5O2/c1-4-26-24(27-18-20-7-9-28(10-8-20)15-16-31-2)30-13-11-29(12-14-30)19-21-5-6-23(32-3)22(25)17-21/h5-6,17,20H,4,7-16,18-19H2,1-3H3,(H,26,27). The van der Waals surface area contributed by atoms with Gasteiger partial charge in [-0.15, -0.1) is 0 Å². The summed E-state index contributed by atoms with van der Waals surface area (Å²) in [5.74, 6) is 1.69. The summed E-state index contributed by atoms with van der Waals surface area (Å²) in [6.45, 7) is 12.5. The lowest BCUT2D eigenvalue weighted by molar-refractivity contribution is 0.121. The SMILES string of the molecule is CCNC(=NCC1CCN(CCOC)CC1)N1CCN(Cc2ccc(OC)c(F)c2)CC1. The van der Waals surface area contributed by atoms with Gasteiger partial charge in [-0.05, 0) is 56.5 Å². The highest BCUT2D eigenvalue weighted by Gasteiger charge is 2.22. The number of rotatable bonds is 9. The summed E-state index contributed by atoms with van der Waals surface area (Å²) < 4.78 is 24.2. The van der Waals surface area contributed by atoms with Crippen molar-refractivity contribution in [2.24, 2.45) is 10.9 Å². The van der Waals surface area contributed by atoms with Crippen LogP contribution in [-0.4, -0.2) is 100 Å². The summed E-state index contributed by atoms with van der Waals surface area (Å²) >= 11 is 0. The third-order valence-corrected chi connectivity index (χ3v) is 6.45. The van der Waals surface area contributed by atoms with Gasteiger partial charge in [-0.3, -0.25) is 9.89 Å². The van der Waals surface area contributed by atoms with Crippen LogP contribution in [0.1, 0.15) is 25.3 Å². The molecule has 0 atom stereocenters. The molecule has 0 radical (unpaired) electrons. The zero-order valence-electron chi connectivity index (χ0n) is 20.0. The fourth-order valence-corrected chi connectivity index (χ4v) is 4.44. The molecular weight excluding hydrogens is 409 g/mol. The highest BCUT2D eigenvalue weighted by atomic mass is 19.1. The number of likely N-dealkylation sites (tertiary alicyclic amines) is 1. The summed E-state index contributed by atoms with van der Waals surface area (Å²) in [7, 11) is 3.26. The number of benzene rings is 1. The quantitative estimate of drug-likeness (QED) is 0.461. The Kier molecular flexibility index (Phi) is 10.0. The average Bonchev–Trinajstić information content (AvgIpc) is 2.82. The third-order valence-electron chi connectivity index (χ3n) is 6.45. The summed E-state index contributed by atoms with van der Waals surface area (Å²) in [6.07, 6.45) is 2.41. The monoisotopic (exact) mass is 449 g/mol. The minimum atomic E-state index is -0.297. The lowest BCUT2D eigenvalue weighted by Gasteiger charge is -2.37. The summed E-state index contributed by atoms with van der Waals surface area (Å²) in [5, 5.41) is 3.48. The maximum atomic E-state index is 14.0. The summed E-state index contributed by atoms with van der Waals surface area (Å²) in [5.41, 5.74) is 0.981. The topological polar surface area (TPSA) is 52.6 Å². The number of piperidine rings is 1. The van der Waals surface area contributed by atoms with Gasteiger partial charge in [-0.2, -0.15) is 0 Å². The van der Waals surface area contributed by atoms with Gasteiger partial charge in [0.25, 0.3) is 0 Å². The predicted molar refractivity (Wildman–Crippen MR) is 127 cm³/mol. The molecule has 1 N–H and O–H groups in total. The number of hydrogen-bond acceptors (Lipinski definition) is 5. The van der Waals surface area contributed by atoms with Gasteiger partial charge in [0.1, 0.15) is 0 Å². The van der Waals surface area contributed by atoms with E-state index in [2.05, 4.69) is 26.9 Å². The van der Waals surface area contributed by atoms with Crippen LogP contribution in [0.25, 0.3) is 0 Å². The van der Waals surface area contributed by atoms with Crippen molar-refractivity contribution in [3.8, 4) is 5.75 Å². The molecule has 2 aliphatic rings. The second kappa shape index (κ2) is 13.0. The van der Waals surface area contributed by atoms with Crippen LogP contribution < -0.4 is 10.1 Å². The zero-order valence-corrected chi connectivity index (χ0v) is 20.0. The molecule has 32 heavy (non-hydrogen) atoms. The Morgan fingerprint density at radius 2 is 1.84 bits per heavy atom. The molecule has 0 saturated carbocycles. The van der Waals surface area contributed by atoms with E-state index >= 15 is 0 Å². The van der Waals surface area contributed by atoms with E-state index in [0.29, 0.717) is 11.7 Å². The molecule has 2 fully saturated rings. The second-order valence-corrected chi connectivity index (χ2v) is 8.70. The minimum absolute atomic E-state index is 0.297. The second-order valence-electron chi connectivity index (χ2n) is 8.70. The Bertz CT molecular complexity index is 716. The first kappa shape index (κ1) is 24.7. The Hall–Kier alpha value is -1.90. The molecule has 3 rings (SSSR count). The van der Waals surface area contributed by atoms with Gasteiger partial charge in [0.2, 0.25) is 0 Å². The van der Waals surface area contributed by atoms with Crippen LogP contribution in [0.15, 0.2) is 23.2 Å². The molecule has 0 aliphatic carbocycles. The van der Waals surface area contributed by atoms with Crippen molar-refractivity contribution in [2.45, 2.75) is 26.3 Å². The molecule has 0 unspecified atom stereocenters. The average molecular weight is 450 g/mol. The fourth-order valence-electron chi connectivity index (χ4n) is 4.44. The molecule has 2 saturated heterocycles. The van der Waals surface area contributed by atoms with Crippen molar-refractivity contribution in [2.75, 3.05) is 79.7 Å². The van der Waals surface area contributed by atoms with Crippen molar-refractivity contribution in [1.82, 2.24) is 20.0 Å². The number of nitrogens with one attached hydrogen (secondary N) is 1. The number of piperazine rings is 1. The van der Waals surface area contributed by atoms with Gasteiger partial charge in [-0.25, -0.2) is 4.39 Å². The van der Waals surface area contributed by atoms with Crippen molar-refractivity contribution in [3.05, 3.63) is 29.6 Å². The normalized spacial score (nSPS) is 19.4. The number of guanidine groups is 1. The molecule has 2 heterocycles. The number of halogens is 1. The summed E-state index contributed by atoms with van der Waals surface area (Å²) in [6, 6.07) is 5.23. The molecule has 7 nitrogen and oxygen atoms in total. The Morgan fingerprint density at radius 1 is 1.09 bits per heavy atom. The molecular formula is C24H40FN5O2. The summed E-state index contributed by atoms with van der Waals surface area (Å²) in [4.78, 5) is 12.2. The first-order valence-corrected chi connectivity index (χ1v) is 11.9. The van der Waals surface area contributed by atoms with Crippen LogP contribution in [-0.2, 0) is 11.3 Å². The van der Waals surface area contributed by atoms with Crippen LogP contribution in [0, 0.1) is 11.7 Å². The van der Waals surface area contributed by atoms with E-state index in [1.54, 1.807) is 19.2 Å². The van der Waals surface area contributed by atoms with Gasteiger partial charge in [0.15, 0.2) is 17.5 Å². The van der Waals surface area contributed by atoms with Gasteiger partial charge in [-0.1, -0.05) is 6.07 Å². The largest absolute Gasteiger partial charge is 0.494 e. The predicted octanol–water partition coefficient (Wildman–Crippen LogP) is 2.28. The molecule has 1 aromatic carbocycles. The number of aliphatic imine (C=N–C) groups is 1. The highest BCUT2D eigenvalue weighted by molar-refractivity contribution is 5.80. The van der Waals surface area contributed by atoms with E-state index < -0.39 is 0 Å². The first-order valence-electron chi connectivity index (χ1n) is 11.9. The molecule has 0 aromatic heterocycles. The van der Waals surface area contributed by atoms with Crippen molar-refractivity contribution in [3.63, 3.8) is 0 Å². The number of ether oxygens (including phenoxy) is 2. The molecule has 2 aliphatic heterocycles. The lowest BCUT2D eigenvalue weighted by atomic mass is 9.97. The maximum Gasteiger partial charge on any atom is 0.194 e. The smallest absolute Gasteiger partial charge is 0.194 e. The molecule has 0 bridgehead atoms. The first-order chi connectivity index (χ1) is 15.6. The molecule has 1 aromatic rings. The van der Waals surface area contributed by atoms with Crippen LogP contribution in [0.4, 0.5) is 4.39 Å². The Balaban J connectivity index is 1.46. The molecule has 8 heteroatoms. The molecule has 0 spiro atoms. The number of nitrogens with zero attached hydrogens (tertiary/aromatic N) is 4. The Labute approximate surface area is 192 Å². The van der Waals surface area contributed by atoms with Gasteiger partial charge in [0.05, 0.1) is 13.7 Å². The van der Waals surface area contributed by atoms with E-state index in [9.17, 15) is 4.39 Å². The van der Waals surface area contributed by atoms with E-state index in [4.69, 9.17) is 14.5 Å². The van der Waals surface area contributed by atoms with E-state index in [-0.39, 0.29) is 5.82 Å². The zero-order chi connectivity index (χ0) is 22.8. The number of methoxy groups -OCH3 is 2. The molecule has 180 valence electrons. The van der Waals surface area contributed by atoms with Gasteiger partial charge in [0, 0.05) is 59.5 Å². The van der Waals surface area contributed by atoms with Gasteiger partial charge >= 0.3 is 0 Å². The highest BCUT2D eigenvalue weighted by Crippen LogP contribution is 2.20. The van der Waals surface area contributed by atoms with Crippen molar-refractivity contribution >= 4 is 5.96 Å². The Morgan fingerprint density at radius 3 is 2.47 bits per heavy atom. The van der Waals surface area contributed by atoms with Crippen LogP contribution >= 0.6 is 0 Å². The van der Waals surface area contributed by atoms with E-state index in [1.165, 1.54) is 20.0 Å².